The monoisotopic (exact) mass is 277 g/mol. The standard InChI is InChI=1S/C15H19NO2S/c1-10-4-5-14(18-3)11(6-10)7-13(16)15-8-12(17-2)9-19-15/h4-6,8-9,13H,7,16H2,1-3H3. The summed E-state index contributed by atoms with van der Waals surface area (Å²) in [5.74, 6) is 1.76. The summed E-state index contributed by atoms with van der Waals surface area (Å²) in [4.78, 5) is 1.13. The number of benzene rings is 1. The van der Waals surface area contributed by atoms with Crippen LogP contribution in [0.5, 0.6) is 11.5 Å². The second-order valence-electron chi connectivity index (χ2n) is 4.51. The van der Waals surface area contributed by atoms with E-state index in [1.807, 2.05) is 23.6 Å². The van der Waals surface area contributed by atoms with E-state index in [0.717, 1.165) is 28.4 Å². The highest BCUT2D eigenvalue weighted by atomic mass is 32.1. The van der Waals surface area contributed by atoms with Gasteiger partial charge >= 0.3 is 0 Å². The Bertz CT molecular complexity index is 551. The van der Waals surface area contributed by atoms with Gasteiger partial charge < -0.3 is 15.2 Å². The van der Waals surface area contributed by atoms with Gasteiger partial charge in [-0.2, -0.15) is 0 Å². The Hall–Kier alpha value is -1.52. The van der Waals surface area contributed by atoms with E-state index in [0.29, 0.717) is 0 Å². The fourth-order valence-corrected chi connectivity index (χ4v) is 2.90. The molecule has 1 aromatic heterocycles. The summed E-state index contributed by atoms with van der Waals surface area (Å²) >= 11 is 1.63. The third kappa shape index (κ3) is 3.28. The Morgan fingerprint density at radius 3 is 2.63 bits per heavy atom. The number of thiophene rings is 1. The van der Waals surface area contributed by atoms with E-state index < -0.39 is 0 Å². The highest BCUT2D eigenvalue weighted by molar-refractivity contribution is 7.10. The van der Waals surface area contributed by atoms with Crippen LogP contribution in [-0.2, 0) is 6.42 Å². The molecule has 1 aromatic carbocycles. The number of aryl methyl sites for hydroxylation is 1. The van der Waals surface area contributed by atoms with Gasteiger partial charge in [-0.1, -0.05) is 17.7 Å². The van der Waals surface area contributed by atoms with Crippen LogP contribution in [0.1, 0.15) is 22.0 Å². The normalized spacial score (nSPS) is 12.2. The van der Waals surface area contributed by atoms with Gasteiger partial charge in [-0.3, -0.25) is 0 Å². The number of nitrogens with two attached hydrogens (primary N) is 1. The van der Waals surface area contributed by atoms with E-state index in [1.54, 1.807) is 25.6 Å². The van der Waals surface area contributed by atoms with Crippen molar-refractivity contribution in [3.8, 4) is 11.5 Å². The van der Waals surface area contributed by atoms with Crippen molar-refractivity contribution >= 4 is 11.3 Å². The van der Waals surface area contributed by atoms with Gasteiger partial charge in [-0.15, -0.1) is 11.3 Å². The number of rotatable bonds is 5. The van der Waals surface area contributed by atoms with Gasteiger partial charge in [-0.05, 0) is 31.0 Å². The molecule has 2 aromatic rings. The highest BCUT2D eigenvalue weighted by Gasteiger charge is 2.13. The maximum atomic E-state index is 6.27. The molecule has 1 atom stereocenters. The maximum absolute atomic E-state index is 6.27. The molecule has 4 heteroatoms. The van der Waals surface area contributed by atoms with Gasteiger partial charge in [-0.25, -0.2) is 0 Å². The lowest BCUT2D eigenvalue weighted by atomic mass is 10.0. The average Bonchev–Trinajstić information content (AvgIpc) is 2.88. The number of methoxy groups -OCH3 is 2. The molecule has 0 fully saturated rings. The molecule has 3 nitrogen and oxygen atoms in total. The second-order valence-corrected chi connectivity index (χ2v) is 5.46. The second kappa shape index (κ2) is 6.08. The van der Waals surface area contributed by atoms with Crippen molar-refractivity contribution in [3.63, 3.8) is 0 Å². The van der Waals surface area contributed by atoms with Crippen LogP contribution in [0, 0.1) is 6.92 Å². The van der Waals surface area contributed by atoms with Crippen LogP contribution in [0.4, 0.5) is 0 Å². The topological polar surface area (TPSA) is 44.5 Å². The SMILES string of the molecule is COc1csc(C(N)Cc2cc(C)ccc2OC)c1. The molecule has 0 radical (unpaired) electrons. The summed E-state index contributed by atoms with van der Waals surface area (Å²) in [6.45, 7) is 2.07. The van der Waals surface area contributed by atoms with E-state index in [4.69, 9.17) is 15.2 Å². The van der Waals surface area contributed by atoms with Crippen molar-refractivity contribution in [2.24, 2.45) is 5.73 Å². The van der Waals surface area contributed by atoms with Gasteiger partial charge in [0.1, 0.15) is 11.5 Å². The minimum atomic E-state index is -0.0374. The Balaban J connectivity index is 2.18. The predicted molar refractivity (Wildman–Crippen MR) is 79.2 cm³/mol. The highest BCUT2D eigenvalue weighted by Crippen LogP contribution is 2.30. The average molecular weight is 277 g/mol. The van der Waals surface area contributed by atoms with Crippen LogP contribution in [0.2, 0.25) is 0 Å². The van der Waals surface area contributed by atoms with Gasteiger partial charge in [0.05, 0.1) is 14.2 Å². The molecule has 0 spiro atoms. The number of ether oxygens (including phenoxy) is 2. The number of hydrogen-bond donors (Lipinski definition) is 1. The first-order chi connectivity index (χ1) is 9.13. The zero-order valence-electron chi connectivity index (χ0n) is 11.5. The maximum Gasteiger partial charge on any atom is 0.129 e. The van der Waals surface area contributed by atoms with E-state index in [9.17, 15) is 0 Å². The van der Waals surface area contributed by atoms with Gasteiger partial charge in [0.2, 0.25) is 0 Å². The van der Waals surface area contributed by atoms with Crippen LogP contribution in [0.3, 0.4) is 0 Å². The minimum Gasteiger partial charge on any atom is -0.496 e. The quantitative estimate of drug-likeness (QED) is 0.912. The zero-order valence-corrected chi connectivity index (χ0v) is 12.3. The smallest absolute Gasteiger partial charge is 0.129 e. The summed E-state index contributed by atoms with van der Waals surface area (Å²) in [5.41, 5.74) is 8.62. The first kappa shape index (κ1) is 13.9. The Morgan fingerprint density at radius 2 is 2.00 bits per heavy atom. The third-order valence-electron chi connectivity index (χ3n) is 3.07. The summed E-state index contributed by atoms with van der Waals surface area (Å²) < 4.78 is 10.6. The van der Waals surface area contributed by atoms with Crippen LogP contribution in [-0.4, -0.2) is 14.2 Å². The molecule has 2 rings (SSSR count). The molecule has 0 saturated heterocycles. The Labute approximate surface area is 118 Å². The van der Waals surface area contributed by atoms with Gasteiger partial charge in [0, 0.05) is 16.3 Å². The first-order valence-electron chi connectivity index (χ1n) is 6.15. The lowest BCUT2D eigenvalue weighted by Gasteiger charge is -2.13. The molecule has 0 bridgehead atoms. The van der Waals surface area contributed by atoms with Gasteiger partial charge in [0.15, 0.2) is 0 Å². The molecule has 1 heterocycles. The van der Waals surface area contributed by atoms with E-state index in [2.05, 4.69) is 13.0 Å². The summed E-state index contributed by atoms with van der Waals surface area (Å²) in [5, 5.41) is 1.97. The van der Waals surface area contributed by atoms with Crippen LogP contribution in [0.25, 0.3) is 0 Å². The van der Waals surface area contributed by atoms with E-state index >= 15 is 0 Å². The number of hydrogen-bond acceptors (Lipinski definition) is 4. The summed E-state index contributed by atoms with van der Waals surface area (Å²) in [7, 11) is 3.36. The van der Waals surface area contributed by atoms with Crippen molar-refractivity contribution in [1.82, 2.24) is 0 Å². The van der Waals surface area contributed by atoms with Crippen molar-refractivity contribution in [1.29, 1.82) is 0 Å². The van der Waals surface area contributed by atoms with E-state index in [1.165, 1.54) is 5.56 Å². The molecule has 2 N–H and O–H groups in total. The van der Waals surface area contributed by atoms with Crippen molar-refractivity contribution in [2.45, 2.75) is 19.4 Å². The molecule has 0 saturated carbocycles. The third-order valence-corrected chi connectivity index (χ3v) is 4.12. The van der Waals surface area contributed by atoms with Crippen molar-refractivity contribution < 1.29 is 9.47 Å². The summed E-state index contributed by atoms with van der Waals surface area (Å²) in [6.07, 6.45) is 0.758. The molecule has 0 amide bonds. The van der Waals surface area contributed by atoms with Crippen molar-refractivity contribution in [3.05, 3.63) is 45.6 Å². The Morgan fingerprint density at radius 1 is 1.21 bits per heavy atom. The van der Waals surface area contributed by atoms with E-state index in [-0.39, 0.29) is 6.04 Å². The predicted octanol–water partition coefficient (Wildman–Crippen LogP) is 3.32. The van der Waals surface area contributed by atoms with Crippen LogP contribution < -0.4 is 15.2 Å². The molecule has 0 aliphatic heterocycles. The molecule has 102 valence electrons. The van der Waals surface area contributed by atoms with Gasteiger partial charge in [0.25, 0.3) is 0 Å². The Kier molecular flexibility index (Phi) is 4.45. The first-order valence-corrected chi connectivity index (χ1v) is 7.03. The molecule has 1 unspecified atom stereocenters. The zero-order chi connectivity index (χ0) is 13.8. The van der Waals surface area contributed by atoms with Crippen LogP contribution in [0.15, 0.2) is 29.6 Å². The molecular weight excluding hydrogens is 258 g/mol. The van der Waals surface area contributed by atoms with Crippen molar-refractivity contribution in [2.75, 3.05) is 14.2 Å². The molecule has 0 aliphatic carbocycles. The fraction of sp³-hybridized carbons (Fsp3) is 0.333. The minimum absolute atomic E-state index is 0.0374. The fourth-order valence-electron chi connectivity index (χ4n) is 2.04. The summed E-state index contributed by atoms with van der Waals surface area (Å²) in [6, 6.07) is 8.12. The largest absolute Gasteiger partial charge is 0.496 e. The lowest BCUT2D eigenvalue weighted by Crippen LogP contribution is -2.12. The molecule has 19 heavy (non-hydrogen) atoms. The molecule has 0 aliphatic rings. The lowest BCUT2D eigenvalue weighted by molar-refractivity contribution is 0.408. The van der Waals surface area contributed by atoms with Crippen LogP contribution >= 0.6 is 11.3 Å². The molecular formula is C15H19NO2S.